The van der Waals surface area contributed by atoms with Crippen LogP contribution < -0.4 is 5.32 Å². The van der Waals surface area contributed by atoms with E-state index < -0.39 is 5.97 Å². The van der Waals surface area contributed by atoms with Crippen LogP contribution in [-0.4, -0.2) is 24.3 Å². The molecule has 0 atom stereocenters. The molecule has 0 amide bonds. The Labute approximate surface area is 133 Å². The summed E-state index contributed by atoms with van der Waals surface area (Å²) < 4.78 is 4.33. The lowest BCUT2D eigenvalue weighted by Crippen LogP contribution is -2.04. The van der Waals surface area contributed by atoms with Crippen LogP contribution in [0.3, 0.4) is 0 Å². The van der Waals surface area contributed by atoms with E-state index in [9.17, 15) is 4.79 Å². The Hall–Kier alpha value is -2.24. The predicted molar refractivity (Wildman–Crippen MR) is 88.5 cm³/mol. The van der Waals surface area contributed by atoms with Crippen LogP contribution in [0.25, 0.3) is 0 Å². The number of benzene rings is 2. The average molecular weight is 315 g/mol. The van der Waals surface area contributed by atoms with Crippen LogP contribution in [0.5, 0.6) is 0 Å². The minimum Gasteiger partial charge on any atom is -0.460 e. The van der Waals surface area contributed by atoms with Crippen LogP contribution in [0.4, 0.5) is 11.4 Å². The largest absolute Gasteiger partial charge is 0.460 e. The Morgan fingerprint density at radius 3 is 2.18 bits per heavy atom. The van der Waals surface area contributed by atoms with Crippen molar-refractivity contribution in [1.29, 1.82) is 0 Å². The summed E-state index contributed by atoms with van der Waals surface area (Å²) in [6, 6.07) is 16.8. The van der Waals surface area contributed by atoms with E-state index in [4.69, 9.17) is 5.11 Å². The fourth-order valence-electron chi connectivity index (χ4n) is 1.79. The Morgan fingerprint density at radius 2 is 1.68 bits per heavy atom. The van der Waals surface area contributed by atoms with Crippen molar-refractivity contribution >= 4 is 29.1 Å². The number of nitrogens with one attached hydrogen (secondary N) is 1. The molecule has 0 fully saturated rings. The Balaban J connectivity index is 0.000000192. The predicted octanol–water partition coefficient (Wildman–Crippen LogP) is 3.60. The number of ether oxygens (including phenoxy) is 1. The number of aliphatic hydroxyl groups excluding tert-OH is 1. The molecule has 2 N–H and O–H groups in total. The standard InChI is InChI=1S/C12H9NS.C5H8O3/c1-3-7-11-9(5-1)13-10-6-2-4-8-12(10)14-11;1-2-5(7)8-4-3-6/h1-8,13H;2,6H,1,3-4H2. The molecule has 5 heteroatoms. The van der Waals surface area contributed by atoms with Gasteiger partial charge >= 0.3 is 5.97 Å². The van der Waals surface area contributed by atoms with E-state index in [-0.39, 0.29) is 13.2 Å². The summed E-state index contributed by atoms with van der Waals surface area (Å²) in [5, 5.41) is 11.5. The number of carbonyl (C=O) groups excluding carboxylic acids is 1. The van der Waals surface area contributed by atoms with Gasteiger partial charge in [0.05, 0.1) is 18.0 Å². The van der Waals surface area contributed by atoms with Crippen LogP contribution in [0, 0.1) is 0 Å². The Bertz CT molecular complexity index is 570. The van der Waals surface area contributed by atoms with Gasteiger partial charge in [-0.3, -0.25) is 0 Å². The molecule has 0 saturated carbocycles. The van der Waals surface area contributed by atoms with Gasteiger partial charge in [-0.25, -0.2) is 4.79 Å². The first-order valence-corrected chi connectivity index (χ1v) is 7.59. The van der Waals surface area contributed by atoms with Gasteiger partial charge in [0.1, 0.15) is 6.61 Å². The first-order valence-electron chi connectivity index (χ1n) is 6.77. The van der Waals surface area contributed by atoms with Crippen molar-refractivity contribution in [3.8, 4) is 0 Å². The smallest absolute Gasteiger partial charge is 0.330 e. The lowest BCUT2D eigenvalue weighted by atomic mass is 10.2. The van der Waals surface area contributed by atoms with E-state index >= 15 is 0 Å². The van der Waals surface area contributed by atoms with Gasteiger partial charge < -0.3 is 15.2 Å². The molecule has 0 spiro atoms. The van der Waals surface area contributed by atoms with Gasteiger partial charge in [-0.05, 0) is 24.3 Å². The van der Waals surface area contributed by atoms with Gasteiger partial charge in [0.2, 0.25) is 0 Å². The van der Waals surface area contributed by atoms with Crippen LogP contribution in [0.1, 0.15) is 0 Å². The van der Waals surface area contributed by atoms with E-state index in [1.54, 1.807) is 0 Å². The van der Waals surface area contributed by atoms with Crippen molar-refractivity contribution in [3.05, 3.63) is 61.2 Å². The zero-order valence-corrected chi connectivity index (χ0v) is 12.8. The molecule has 0 saturated heterocycles. The fourth-order valence-corrected chi connectivity index (χ4v) is 2.77. The van der Waals surface area contributed by atoms with Crippen molar-refractivity contribution in [2.45, 2.75) is 9.79 Å². The summed E-state index contributed by atoms with van der Waals surface area (Å²) in [7, 11) is 0. The molecule has 2 aromatic rings. The third-order valence-corrected chi connectivity index (χ3v) is 3.92. The zero-order chi connectivity index (χ0) is 15.8. The fraction of sp³-hybridized carbons (Fsp3) is 0.118. The first-order chi connectivity index (χ1) is 10.7. The van der Waals surface area contributed by atoms with Crippen molar-refractivity contribution < 1.29 is 14.6 Å². The van der Waals surface area contributed by atoms with Crippen molar-refractivity contribution in [1.82, 2.24) is 0 Å². The Kier molecular flexibility index (Phi) is 6.06. The molecule has 4 nitrogen and oxygen atoms in total. The molecule has 2 aromatic carbocycles. The second-order valence-corrected chi connectivity index (χ2v) is 5.40. The quantitative estimate of drug-likeness (QED) is 0.571. The molecule has 0 aliphatic carbocycles. The van der Waals surface area contributed by atoms with E-state index in [0.29, 0.717) is 0 Å². The minimum atomic E-state index is -0.501. The number of anilines is 2. The maximum Gasteiger partial charge on any atom is 0.330 e. The molecule has 114 valence electrons. The molecule has 1 aliphatic rings. The maximum absolute atomic E-state index is 10.1. The van der Waals surface area contributed by atoms with Crippen LogP contribution in [-0.2, 0) is 9.53 Å². The van der Waals surface area contributed by atoms with Crippen LogP contribution >= 0.6 is 11.8 Å². The zero-order valence-electron chi connectivity index (χ0n) is 12.0. The third kappa shape index (κ3) is 4.38. The maximum atomic E-state index is 10.1. The van der Waals surface area contributed by atoms with Crippen LogP contribution in [0.2, 0.25) is 0 Å². The number of para-hydroxylation sites is 2. The van der Waals surface area contributed by atoms with Crippen molar-refractivity contribution in [2.75, 3.05) is 18.5 Å². The average Bonchev–Trinajstić information content (AvgIpc) is 2.58. The highest BCUT2D eigenvalue weighted by Gasteiger charge is 2.13. The minimum absolute atomic E-state index is 0.0465. The lowest BCUT2D eigenvalue weighted by molar-refractivity contribution is -0.138. The molecule has 0 unspecified atom stereocenters. The first kappa shape index (κ1) is 16.1. The highest BCUT2D eigenvalue weighted by molar-refractivity contribution is 7.99. The number of esters is 1. The molecule has 0 bridgehead atoms. The SMILES string of the molecule is C=CC(=O)OCCO.c1ccc2c(c1)Nc1ccccc1S2. The van der Waals surface area contributed by atoms with Crippen molar-refractivity contribution in [3.63, 3.8) is 0 Å². The van der Waals surface area contributed by atoms with Gasteiger partial charge in [0.15, 0.2) is 0 Å². The van der Waals surface area contributed by atoms with E-state index in [0.717, 1.165) is 6.08 Å². The number of hydrogen-bond donors (Lipinski definition) is 2. The van der Waals surface area contributed by atoms with Crippen molar-refractivity contribution in [2.24, 2.45) is 0 Å². The number of rotatable bonds is 3. The topological polar surface area (TPSA) is 58.6 Å². The number of aliphatic hydroxyl groups is 1. The number of hydrogen-bond acceptors (Lipinski definition) is 5. The second kappa shape index (κ2) is 8.26. The summed E-state index contributed by atoms with van der Waals surface area (Å²) in [4.78, 5) is 12.7. The highest BCUT2D eigenvalue weighted by Crippen LogP contribution is 2.43. The second-order valence-electron chi connectivity index (χ2n) is 4.31. The molecular weight excluding hydrogens is 298 g/mol. The number of carbonyl (C=O) groups is 1. The van der Waals surface area contributed by atoms with Gasteiger partial charge in [-0.2, -0.15) is 0 Å². The summed E-state index contributed by atoms with van der Waals surface area (Å²) in [6.45, 7) is 3.06. The van der Waals surface area contributed by atoms with Crippen LogP contribution in [0.15, 0.2) is 71.0 Å². The van der Waals surface area contributed by atoms with E-state index in [2.05, 4.69) is 65.2 Å². The third-order valence-electron chi connectivity index (χ3n) is 2.77. The normalized spacial score (nSPS) is 11.0. The molecule has 22 heavy (non-hydrogen) atoms. The van der Waals surface area contributed by atoms with E-state index in [1.165, 1.54) is 21.2 Å². The van der Waals surface area contributed by atoms with E-state index in [1.807, 2.05) is 11.8 Å². The van der Waals surface area contributed by atoms with Gasteiger partial charge in [0, 0.05) is 15.9 Å². The molecule has 1 heterocycles. The Morgan fingerprint density at radius 1 is 1.14 bits per heavy atom. The molecular formula is C17H17NO3S. The lowest BCUT2D eigenvalue weighted by Gasteiger charge is -2.19. The van der Waals surface area contributed by atoms with Gasteiger partial charge in [-0.15, -0.1) is 0 Å². The van der Waals surface area contributed by atoms with Gasteiger partial charge in [-0.1, -0.05) is 42.6 Å². The van der Waals surface area contributed by atoms with Gasteiger partial charge in [0.25, 0.3) is 0 Å². The number of fused-ring (bicyclic) bond motifs is 2. The highest BCUT2D eigenvalue weighted by atomic mass is 32.2. The summed E-state index contributed by atoms with van der Waals surface area (Å²) in [6.07, 6.45) is 1.05. The summed E-state index contributed by atoms with van der Waals surface area (Å²) in [5.41, 5.74) is 2.41. The summed E-state index contributed by atoms with van der Waals surface area (Å²) in [5.74, 6) is -0.501. The summed E-state index contributed by atoms with van der Waals surface area (Å²) >= 11 is 1.82. The molecule has 3 rings (SSSR count). The molecule has 0 aromatic heterocycles. The molecule has 0 radical (unpaired) electrons. The molecule has 1 aliphatic heterocycles. The monoisotopic (exact) mass is 315 g/mol.